The van der Waals surface area contributed by atoms with Gasteiger partial charge in [-0.15, -0.1) is 4.48 Å². The van der Waals surface area contributed by atoms with Gasteiger partial charge in [-0.25, -0.2) is 13.2 Å². The smallest absolute Gasteiger partial charge is 0.218 e. The zero-order valence-electron chi connectivity index (χ0n) is 3.69. The summed E-state index contributed by atoms with van der Waals surface area (Å²) in [5, 5.41) is -0.801. The van der Waals surface area contributed by atoms with Gasteiger partial charge in [0, 0.05) is 0 Å². The van der Waals surface area contributed by atoms with Gasteiger partial charge in [0.25, 0.3) is 0 Å². The van der Waals surface area contributed by atoms with E-state index < -0.39 is 23.9 Å². The highest BCUT2D eigenvalue weighted by Gasteiger charge is 2.52. The predicted octanol–water partition coefficient (Wildman–Crippen LogP) is 1.12. The Bertz CT molecular complexity index is 65.3. The minimum atomic E-state index is -2.40. The van der Waals surface area contributed by atoms with Crippen molar-refractivity contribution in [2.45, 2.75) is 18.8 Å². The first kappa shape index (κ1) is 5.81. The number of nitrogens with zero attached hydrogens (tertiary/aromatic N) is 1. The molecule has 0 radical (unpaired) electrons. The SMILES string of the molecule is FC1C(F)N(F)C1F. The molecule has 0 amide bonds. The Morgan fingerprint density at radius 3 is 1.50 bits per heavy atom. The Balaban J connectivity index is 2.42. The van der Waals surface area contributed by atoms with E-state index in [1.54, 1.807) is 0 Å². The summed E-state index contributed by atoms with van der Waals surface area (Å²) in [5.74, 6) is 0. The van der Waals surface area contributed by atoms with Crippen LogP contribution in [-0.4, -0.2) is 23.9 Å². The van der Waals surface area contributed by atoms with E-state index in [2.05, 4.69) is 0 Å². The fourth-order valence-corrected chi connectivity index (χ4v) is 0.438. The lowest BCUT2D eigenvalue weighted by Gasteiger charge is -2.33. The summed E-state index contributed by atoms with van der Waals surface area (Å²) in [6.07, 6.45) is -7.10. The lowest BCUT2D eigenvalue weighted by atomic mass is 10.2. The summed E-state index contributed by atoms with van der Waals surface area (Å²) in [5.41, 5.74) is 0. The summed E-state index contributed by atoms with van der Waals surface area (Å²) in [7, 11) is 0. The third-order valence-corrected chi connectivity index (χ3v) is 0.997. The number of halogens is 4. The van der Waals surface area contributed by atoms with Crippen LogP contribution in [0.5, 0.6) is 0 Å². The molecule has 0 spiro atoms. The maximum atomic E-state index is 11.5. The van der Waals surface area contributed by atoms with Crippen LogP contribution < -0.4 is 0 Å². The van der Waals surface area contributed by atoms with Gasteiger partial charge >= 0.3 is 0 Å². The van der Waals surface area contributed by atoms with Crippen LogP contribution in [0.2, 0.25) is 0 Å². The lowest BCUT2D eigenvalue weighted by Crippen LogP contribution is -2.57. The van der Waals surface area contributed by atoms with E-state index in [4.69, 9.17) is 0 Å². The fourth-order valence-electron chi connectivity index (χ4n) is 0.438. The number of hydrogen-bond acceptors (Lipinski definition) is 1. The van der Waals surface area contributed by atoms with Crippen LogP contribution in [0.1, 0.15) is 0 Å². The van der Waals surface area contributed by atoms with Crippen molar-refractivity contribution in [3.05, 3.63) is 0 Å². The van der Waals surface area contributed by atoms with Gasteiger partial charge in [-0.2, -0.15) is 0 Å². The van der Waals surface area contributed by atoms with Crippen molar-refractivity contribution in [2.75, 3.05) is 0 Å². The Labute approximate surface area is 42.8 Å². The average molecular weight is 129 g/mol. The second-order valence-electron chi connectivity index (χ2n) is 1.53. The number of alkyl halides is 3. The molecule has 1 nitrogen and oxygen atoms in total. The summed E-state index contributed by atoms with van der Waals surface area (Å²) in [6.45, 7) is 0. The summed E-state index contributed by atoms with van der Waals surface area (Å²) in [4.78, 5) is 0. The molecule has 1 saturated heterocycles. The molecule has 1 aliphatic rings. The molecule has 1 heterocycles. The van der Waals surface area contributed by atoms with Crippen molar-refractivity contribution < 1.29 is 17.7 Å². The molecule has 0 aromatic heterocycles. The van der Waals surface area contributed by atoms with Gasteiger partial charge in [0.1, 0.15) is 0 Å². The standard InChI is InChI=1S/C3H3F4N/c4-1-2(5)8(7)3(1)6/h1-3H. The van der Waals surface area contributed by atoms with E-state index in [9.17, 15) is 17.7 Å². The molecule has 0 aromatic rings. The van der Waals surface area contributed by atoms with Gasteiger partial charge in [0.2, 0.25) is 12.6 Å². The van der Waals surface area contributed by atoms with Crippen molar-refractivity contribution in [3.63, 3.8) is 0 Å². The summed E-state index contributed by atoms with van der Waals surface area (Å²) >= 11 is 0. The van der Waals surface area contributed by atoms with Crippen molar-refractivity contribution in [3.8, 4) is 0 Å². The highest BCUT2D eigenvalue weighted by atomic mass is 19.2. The van der Waals surface area contributed by atoms with Gasteiger partial charge in [-0.3, -0.25) is 0 Å². The molecule has 8 heavy (non-hydrogen) atoms. The molecule has 1 fully saturated rings. The maximum absolute atomic E-state index is 11.5. The quantitative estimate of drug-likeness (QED) is 0.269. The van der Waals surface area contributed by atoms with Crippen LogP contribution in [0.25, 0.3) is 0 Å². The second-order valence-corrected chi connectivity index (χ2v) is 1.53. The van der Waals surface area contributed by atoms with E-state index in [1.165, 1.54) is 0 Å². The maximum Gasteiger partial charge on any atom is 0.218 e. The lowest BCUT2D eigenvalue weighted by molar-refractivity contribution is -0.282. The van der Waals surface area contributed by atoms with Crippen LogP contribution in [0.3, 0.4) is 0 Å². The van der Waals surface area contributed by atoms with Gasteiger partial charge in [0.15, 0.2) is 6.17 Å². The first-order chi connectivity index (χ1) is 3.64. The van der Waals surface area contributed by atoms with Crippen LogP contribution in [0, 0.1) is 0 Å². The minimum Gasteiger partial charge on any atom is -0.238 e. The number of hydrogen-bond donors (Lipinski definition) is 0. The second kappa shape index (κ2) is 1.58. The van der Waals surface area contributed by atoms with Gasteiger partial charge in [-0.05, 0) is 0 Å². The molecule has 2 unspecified atom stereocenters. The molecular weight excluding hydrogens is 126 g/mol. The Hall–Kier alpha value is -0.320. The molecular formula is C3H3F4N. The third-order valence-electron chi connectivity index (χ3n) is 0.997. The predicted molar refractivity (Wildman–Crippen MR) is 17.6 cm³/mol. The highest BCUT2D eigenvalue weighted by molar-refractivity contribution is 4.83. The fraction of sp³-hybridized carbons (Fsp3) is 1.00. The highest BCUT2D eigenvalue weighted by Crippen LogP contribution is 2.30. The Kier molecular flexibility index (Phi) is 1.15. The summed E-state index contributed by atoms with van der Waals surface area (Å²) in [6, 6.07) is 0. The van der Waals surface area contributed by atoms with E-state index >= 15 is 0 Å². The molecule has 48 valence electrons. The summed E-state index contributed by atoms with van der Waals surface area (Å²) < 4.78 is 45.9. The molecule has 5 heteroatoms. The van der Waals surface area contributed by atoms with Crippen LogP contribution in [0.4, 0.5) is 17.7 Å². The average Bonchev–Trinajstić information content (AvgIpc) is 1.83. The zero-order chi connectivity index (χ0) is 6.31. The van der Waals surface area contributed by atoms with Crippen molar-refractivity contribution in [2.24, 2.45) is 0 Å². The monoisotopic (exact) mass is 129 g/mol. The molecule has 1 aliphatic heterocycles. The number of rotatable bonds is 0. The zero-order valence-corrected chi connectivity index (χ0v) is 3.69. The minimum absolute atomic E-state index is 0.801. The molecule has 1 rings (SSSR count). The molecule has 0 N–H and O–H groups in total. The van der Waals surface area contributed by atoms with E-state index in [-0.39, 0.29) is 0 Å². The largest absolute Gasteiger partial charge is 0.238 e. The Morgan fingerprint density at radius 2 is 1.38 bits per heavy atom. The first-order valence-corrected chi connectivity index (χ1v) is 2.01. The van der Waals surface area contributed by atoms with E-state index in [1.807, 2.05) is 0 Å². The molecule has 0 bridgehead atoms. The van der Waals surface area contributed by atoms with E-state index in [0.29, 0.717) is 0 Å². The molecule has 0 saturated carbocycles. The van der Waals surface area contributed by atoms with Crippen molar-refractivity contribution >= 4 is 0 Å². The van der Waals surface area contributed by atoms with Crippen LogP contribution >= 0.6 is 0 Å². The van der Waals surface area contributed by atoms with Crippen LogP contribution in [0.15, 0.2) is 0 Å². The molecule has 2 atom stereocenters. The van der Waals surface area contributed by atoms with Gasteiger partial charge in [0.05, 0.1) is 0 Å². The van der Waals surface area contributed by atoms with Gasteiger partial charge < -0.3 is 0 Å². The normalized spacial score (nSPS) is 48.8. The van der Waals surface area contributed by atoms with Gasteiger partial charge in [-0.1, -0.05) is 5.12 Å². The van der Waals surface area contributed by atoms with Crippen molar-refractivity contribution in [1.82, 2.24) is 5.12 Å². The first-order valence-electron chi connectivity index (χ1n) is 2.01. The Morgan fingerprint density at radius 1 is 1.00 bits per heavy atom. The van der Waals surface area contributed by atoms with Crippen LogP contribution in [-0.2, 0) is 0 Å². The van der Waals surface area contributed by atoms with E-state index in [0.717, 1.165) is 0 Å². The van der Waals surface area contributed by atoms with Crippen molar-refractivity contribution in [1.29, 1.82) is 0 Å². The third kappa shape index (κ3) is 0.506. The molecule has 0 aliphatic carbocycles. The topological polar surface area (TPSA) is 3.24 Å². The molecule has 0 aromatic carbocycles.